The van der Waals surface area contributed by atoms with E-state index in [1.807, 2.05) is 0 Å². The number of carbonyl (C=O) groups excluding carboxylic acids is 2. The lowest BCUT2D eigenvalue weighted by atomic mass is 9.72. The third-order valence-corrected chi connectivity index (χ3v) is 5.97. The summed E-state index contributed by atoms with van der Waals surface area (Å²) in [6.45, 7) is 3.08. The van der Waals surface area contributed by atoms with Gasteiger partial charge in [-0.3, -0.25) is 9.59 Å². The van der Waals surface area contributed by atoms with Gasteiger partial charge in [-0.15, -0.1) is 22.6 Å². The molecule has 144 valence electrons. The molecule has 9 heteroatoms. The van der Waals surface area contributed by atoms with E-state index in [9.17, 15) is 9.59 Å². The Bertz CT molecular complexity index is 625. The second-order valence-electron chi connectivity index (χ2n) is 7.50. The van der Waals surface area contributed by atoms with Crippen LogP contribution in [0.25, 0.3) is 0 Å². The zero-order valence-corrected chi connectivity index (χ0v) is 15.7. The third kappa shape index (κ3) is 3.86. The first-order valence-electron chi connectivity index (χ1n) is 9.33. The molecular formula is C17H27ClN6O2. The topological polar surface area (TPSA) is 92.1 Å². The summed E-state index contributed by atoms with van der Waals surface area (Å²) in [7, 11) is 0. The zero-order valence-electron chi connectivity index (χ0n) is 14.8. The largest absolute Gasteiger partial charge is 0.354 e. The van der Waals surface area contributed by atoms with Crippen molar-refractivity contribution in [3.8, 4) is 0 Å². The van der Waals surface area contributed by atoms with Gasteiger partial charge in [0.05, 0.1) is 6.04 Å². The summed E-state index contributed by atoms with van der Waals surface area (Å²) in [4.78, 5) is 26.9. The van der Waals surface area contributed by atoms with Gasteiger partial charge in [0, 0.05) is 38.5 Å². The smallest absolute Gasteiger partial charge is 0.223 e. The fourth-order valence-electron chi connectivity index (χ4n) is 4.77. The molecule has 0 aliphatic carbocycles. The Kier molecular flexibility index (Phi) is 6.13. The Hall–Kier alpha value is -1.67. The summed E-state index contributed by atoms with van der Waals surface area (Å²) >= 11 is 0. The van der Waals surface area contributed by atoms with E-state index < -0.39 is 0 Å². The quantitative estimate of drug-likeness (QED) is 0.758. The SMILES string of the molecule is Cl.O=C(CCn1cnnc1)NC[C@H]1[C@@H]2CNC[C@@H](C2)[C@@H]2CCCC(=O)N21. The summed E-state index contributed by atoms with van der Waals surface area (Å²) in [5, 5.41) is 14.1. The van der Waals surface area contributed by atoms with Gasteiger partial charge < -0.3 is 20.1 Å². The van der Waals surface area contributed by atoms with Crippen LogP contribution in [0.15, 0.2) is 12.7 Å². The number of aromatic nitrogens is 3. The van der Waals surface area contributed by atoms with Gasteiger partial charge in [0.2, 0.25) is 11.8 Å². The van der Waals surface area contributed by atoms with Crippen LogP contribution in [-0.2, 0) is 16.1 Å². The minimum Gasteiger partial charge on any atom is -0.354 e. The van der Waals surface area contributed by atoms with Crippen LogP contribution in [0.3, 0.4) is 0 Å². The molecule has 4 heterocycles. The van der Waals surface area contributed by atoms with E-state index in [0.29, 0.717) is 43.8 Å². The third-order valence-electron chi connectivity index (χ3n) is 5.97. The number of carbonyl (C=O) groups is 2. The predicted molar refractivity (Wildman–Crippen MR) is 97.6 cm³/mol. The monoisotopic (exact) mass is 382 g/mol. The Labute approximate surface area is 159 Å². The van der Waals surface area contributed by atoms with Gasteiger partial charge in [-0.25, -0.2) is 0 Å². The first-order valence-corrected chi connectivity index (χ1v) is 9.33. The molecule has 3 aliphatic heterocycles. The Morgan fingerprint density at radius 3 is 2.85 bits per heavy atom. The van der Waals surface area contributed by atoms with E-state index in [4.69, 9.17) is 0 Å². The summed E-state index contributed by atoms with van der Waals surface area (Å²) in [6, 6.07) is 0.477. The van der Waals surface area contributed by atoms with Crippen LogP contribution >= 0.6 is 12.4 Å². The minimum atomic E-state index is 0. The van der Waals surface area contributed by atoms with Crippen LogP contribution in [0, 0.1) is 11.8 Å². The van der Waals surface area contributed by atoms with Crippen LogP contribution in [-0.4, -0.2) is 63.2 Å². The van der Waals surface area contributed by atoms with Gasteiger partial charge in [-0.05, 0) is 37.6 Å². The van der Waals surface area contributed by atoms with Crippen LogP contribution < -0.4 is 10.6 Å². The van der Waals surface area contributed by atoms with Gasteiger partial charge in [-0.1, -0.05) is 0 Å². The number of halogens is 1. The van der Waals surface area contributed by atoms with Crippen molar-refractivity contribution in [3.63, 3.8) is 0 Å². The van der Waals surface area contributed by atoms with Gasteiger partial charge in [0.1, 0.15) is 12.7 Å². The maximum Gasteiger partial charge on any atom is 0.223 e. The number of rotatable bonds is 5. The normalized spacial score (nSPS) is 30.3. The lowest BCUT2D eigenvalue weighted by Gasteiger charge is -2.54. The van der Waals surface area contributed by atoms with Gasteiger partial charge in [-0.2, -0.15) is 0 Å². The molecule has 0 unspecified atom stereocenters. The van der Waals surface area contributed by atoms with E-state index in [-0.39, 0.29) is 30.3 Å². The maximum atomic E-state index is 12.6. The average Bonchev–Trinajstić information content (AvgIpc) is 3.14. The molecule has 2 amide bonds. The first-order chi connectivity index (χ1) is 12.2. The van der Waals surface area contributed by atoms with E-state index in [1.54, 1.807) is 17.2 Å². The number of hydrogen-bond donors (Lipinski definition) is 2. The Morgan fingerprint density at radius 1 is 1.27 bits per heavy atom. The summed E-state index contributed by atoms with van der Waals surface area (Å²) in [5.41, 5.74) is 0. The number of nitrogens with zero attached hydrogens (tertiary/aromatic N) is 4. The van der Waals surface area contributed by atoms with Crippen molar-refractivity contribution >= 4 is 24.2 Å². The number of amides is 2. The van der Waals surface area contributed by atoms with Crippen molar-refractivity contribution in [2.24, 2.45) is 11.8 Å². The van der Waals surface area contributed by atoms with Gasteiger partial charge in [0.15, 0.2) is 0 Å². The highest BCUT2D eigenvalue weighted by Gasteiger charge is 2.47. The first kappa shape index (κ1) is 19.1. The van der Waals surface area contributed by atoms with Crippen LogP contribution in [0.4, 0.5) is 0 Å². The highest BCUT2D eigenvalue weighted by molar-refractivity contribution is 5.85. The molecule has 8 nitrogen and oxygen atoms in total. The molecule has 0 radical (unpaired) electrons. The van der Waals surface area contributed by atoms with Gasteiger partial charge >= 0.3 is 0 Å². The Balaban J connectivity index is 0.00000196. The molecule has 0 saturated carbocycles. The number of piperidine rings is 3. The number of fused-ring (bicyclic) bond motifs is 4. The van der Waals surface area contributed by atoms with Gasteiger partial charge in [0.25, 0.3) is 0 Å². The molecule has 3 saturated heterocycles. The van der Waals surface area contributed by atoms with E-state index in [1.165, 1.54) is 6.42 Å². The molecular weight excluding hydrogens is 356 g/mol. The van der Waals surface area contributed by atoms with Crippen molar-refractivity contribution < 1.29 is 9.59 Å². The predicted octanol–water partition coefficient (Wildman–Crippen LogP) is 0.195. The molecule has 1 aromatic heterocycles. The fourth-order valence-corrected chi connectivity index (χ4v) is 4.77. The number of hydrogen-bond acceptors (Lipinski definition) is 5. The van der Waals surface area contributed by atoms with E-state index >= 15 is 0 Å². The molecule has 1 aromatic rings. The molecule has 2 bridgehead atoms. The van der Waals surface area contributed by atoms with Crippen LogP contribution in [0.2, 0.25) is 0 Å². The summed E-state index contributed by atoms with van der Waals surface area (Å²) in [5.74, 6) is 1.30. The van der Waals surface area contributed by atoms with E-state index in [2.05, 4.69) is 25.7 Å². The van der Waals surface area contributed by atoms with Crippen LogP contribution in [0.1, 0.15) is 32.1 Å². The maximum absolute atomic E-state index is 12.6. The van der Waals surface area contributed by atoms with E-state index in [0.717, 1.165) is 25.9 Å². The van der Waals surface area contributed by atoms with Crippen molar-refractivity contribution in [2.75, 3.05) is 19.6 Å². The molecule has 4 atom stereocenters. The molecule has 26 heavy (non-hydrogen) atoms. The Morgan fingerprint density at radius 2 is 2.04 bits per heavy atom. The summed E-state index contributed by atoms with van der Waals surface area (Å²) in [6.07, 6.45) is 7.54. The second-order valence-corrected chi connectivity index (χ2v) is 7.50. The fraction of sp³-hybridized carbons (Fsp3) is 0.765. The molecule has 0 aromatic carbocycles. The highest BCUT2D eigenvalue weighted by Crippen LogP contribution is 2.39. The molecule has 4 rings (SSSR count). The minimum absolute atomic E-state index is 0. The van der Waals surface area contributed by atoms with Crippen LogP contribution in [0.5, 0.6) is 0 Å². The molecule has 3 fully saturated rings. The number of nitrogens with one attached hydrogen (secondary N) is 2. The lowest BCUT2D eigenvalue weighted by molar-refractivity contribution is -0.149. The zero-order chi connectivity index (χ0) is 17.2. The molecule has 0 spiro atoms. The second kappa shape index (κ2) is 8.35. The summed E-state index contributed by atoms with van der Waals surface area (Å²) < 4.78 is 1.79. The van der Waals surface area contributed by atoms with Crippen molar-refractivity contribution in [1.29, 1.82) is 0 Å². The molecule has 3 aliphatic rings. The van der Waals surface area contributed by atoms with Crippen molar-refractivity contribution in [3.05, 3.63) is 12.7 Å². The standard InChI is InChI=1S/C17H26N6O2.ClH/c24-16(4-5-22-10-20-21-11-22)19-9-15-13-6-12(7-18-8-13)14-2-1-3-17(25)23(14)15;/h10-15,18H,1-9H2,(H,19,24);1H/t12-,13+,14+,15+;/m1./s1. The van der Waals surface area contributed by atoms with Crippen molar-refractivity contribution in [1.82, 2.24) is 30.3 Å². The average molecular weight is 383 g/mol. The molecule has 2 N–H and O–H groups in total. The highest BCUT2D eigenvalue weighted by atomic mass is 35.5. The lowest BCUT2D eigenvalue weighted by Crippen LogP contribution is -2.66. The van der Waals surface area contributed by atoms with Crippen molar-refractivity contribution in [2.45, 2.75) is 50.7 Å². The number of aryl methyl sites for hydroxylation is 1.